The van der Waals surface area contributed by atoms with Crippen LogP contribution in [0, 0.1) is 0 Å². The molecule has 0 aliphatic heterocycles. The van der Waals surface area contributed by atoms with Gasteiger partial charge < -0.3 is 10.1 Å². The van der Waals surface area contributed by atoms with Gasteiger partial charge in [-0.3, -0.25) is 9.63 Å². The summed E-state index contributed by atoms with van der Waals surface area (Å²) >= 11 is 0. The molecule has 1 N–H and O–H groups in total. The van der Waals surface area contributed by atoms with Crippen molar-refractivity contribution in [2.75, 3.05) is 19.8 Å². The summed E-state index contributed by atoms with van der Waals surface area (Å²) in [5.41, 5.74) is 2.74. The number of carbonyl (C=O) groups is 2. The number of carbonyl (C=O) groups excluding carboxylic acids is 2. The van der Waals surface area contributed by atoms with Crippen LogP contribution in [0.1, 0.15) is 113 Å². The minimum Gasteiger partial charge on any atom is -0.464 e. The molecule has 42 heavy (non-hydrogen) atoms. The van der Waals surface area contributed by atoms with Gasteiger partial charge in [0.15, 0.2) is 6.61 Å². The molecule has 0 fully saturated rings. The molecule has 228 valence electrons. The third kappa shape index (κ3) is 11.2. The van der Waals surface area contributed by atoms with Crippen molar-refractivity contribution < 1.29 is 19.2 Å². The SMILES string of the molecule is CCCCCCCCCCCCNC(=O)c1ccc(CN(OCC(=O)OCC)C(C)c2cccc3ccccc23)cc1. The molecular weight excluding hydrogens is 524 g/mol. The third-order valence-corrected chi connectivity index (χ3v) is 7.73. The maximum atomic E-state index is 12.7. The van der Waals surface area contributed by atoms with Gasteiger partial charge in [0.25, 0.3) is 5.91 Å². The van der Waals surface area contributed by atoms with Crippen LogP contribution in [0.4, 0.5) is 0 Å². The largest absolute Gasteiger partial charge is 0.464 e. The Hall–Kier alpha value is -3.22. The monoisotopic (exact) mass is 574 g/mol. The number of hydrogen-bond donors (Lipinski definition) is 1. The average molecular weight is 575 g/mol. The predicted molar refractivity (Wildman–Crippen MR) is 171 cm³/mol. The molecule has 0 aliphatic carbocycles. The van der Waals surface area contributed by atoms with Crippen LogP contribution < -0.4 is 5.32 Å². The molecule has 0 saturated carbocycles. The van der Waals surface area contributed by atoms with E-state index < -0.39 is 5.97 Å². The van der Waals surface area contributed by atoms with Crippen LogP contribution in [0.5, 0.6) is 0 Å². The molecule has 1 atom stereocenters. The van der Waals surface area contributed by atoms with Crippen LogP contribution in [0.2, 0.25) is 0 Å². The number of esters is 1. The normalized spacial score (nSPS) is 12.0. The molecule has 3 rings (SSSR count). The van der Waals surface area contributed by atoms with E-state index in [0.717, 1.165) is 34.7 Å². The second-order valence-corrected chi connectivity index (χ2v) is 11.0. The van der Waals surface area contributed by atoms with E-state index in [-0.39, 0.29) is 18.6 Å². The van der Waals surface area contributed by atoms with Crippen LogP contribution in [-0.2, 0) is 20.9 Å². The van der Waals surface area contributed by atoms with Crippen molar-refractivity contribution in [3.05, 3.63) is 83.4 Å². The van der Waals surface area contributed by atoms with E-state index in [0.29, 0.717) is 25.3 Å². The van der Waals surface area contributed by atoms with Crippen LogP contribution in [0.25, 0.3) is 10.8 Å². The highest BCUT2D eigenvalue weighted by atomic mass is 16.7. The summed E-state index contributed by atoms with van der Waals surface area (Å²) in [6.07, 6.45) is 12.8. The van der Waals surface area contributed by atoms with Gasteiger partial charge in [-0.25, -0.2) is 4.79 Å². The van der Waals surface area contributed by atoms with E-state index in [1.54, 1.807) is 6.92 Å². The second-order valence-electron chi connectivity index (χ2n) is 11.0. The van der Waals surface area contributed by atoms with Crippen molar-refractivity contribution in [1.82, 2.24) is 10.4 Å². The molecule has 0 spiro atoms. The molecule has 0 heterocycles. The van der Waals surface area contributed by atoms with E-state index >= 15 is 0 Å². The Bertz CT molecular complexity index is 1210. The molecule has 3 aromatic rings. The van der Waals surface area contributed by atoms with Crippen molar-refractivity contribution in [3.63, 3.8) is 0 Å². The molecule has 0 aromatic heterocycles. The van der Waals surface area contributed by atoms with Gasteiger partial charge in [0.2, 0.25) is 0 Å². The van der Waals surface area contributed by atoms with Crippen LogP contribution in [0.3, 0.4) is 0 Å². The summed E-state index contributed by atoms with van der Waals surface area (Å²) in [5, 5.41) is 7.18. The lowest BCUT2D eigenvalue weighted by molar-refractivity contribution is -0.204. The first kappa shape index (κ1) is 33.3. The zero-order chi connectivity index (χ0) is 30.0. The molecule has 0 radical (unpaired) electrons. The van der Waals surface area contributed by atoms with Gasteiger partial charge in [-0.15, -0.1) is 0 Å². The van der Waals surface area contributed by atoms with Crippen molar-refractivity contribution in [2.24, 2.45) is 0 Å². The number of hydroxylamine groups is 2. The number of hydrogen-bond acceptors (Lipinski definition) is 5. The van der Waals surface area contributed by atoms with Gasteiger partial charge in [-0.2, -0.15) is 5.06 Å². The molecule has 6 heteroatoms. The third-order valence-electron chi connectivity index (χ3n) is 7.73. The summed E-state index contributed by atoms with van der Waals surface area (Å²) in [5.74, 6) is -0.445. The molecule has 0 bridgehead atoms. The molecule has 0 aliphatic rings. The molecule has 0 saturated heterocycles. The number of benzene rings is 3. The van der Waals surface area contributed by atoms with E-state index in [2.05, 4.69) is 43.4 Å². The van der Waals surface area contributed by atoms with Crippen molar-refractivity contribution in [2.45, 2.75) is 97.6 Å². The molecular formula is C36H50N2O4. The summed E-state index contributed by atoms with van der Waals surface area (Å²) < 4.78 is 5.09. The lowest BCUT2D eigenvalue weighted by Gasteiger charge is -2.29. The molecule has 1 unspecified atom stereocenters. The fourth-order valence-electron chi connectivity index (χ4n) is 5.26. The highest BCUT2D eigenvalue weighted by molar-refractivity contribution is 5.94. The molecule has 1 amide bonds. The highest BCUT2D eigenvalue weighted by Gasteiger charge is 2.21. The van der Waals surface area contributed by atoms with E-state index in [1.165, 1.54) is 51.4 Å². The zero-order valence-corrected chi connectivity index (χ0v) is 25.9. The summed E-state index contributed by atoms with van der Waals surface area (Å²) in [6, 6.07) is 22.0. The fourth-order valence-corrected chi connectivity index (χ4v) is 5.26. The predicted octanol–water partition coefficient (Wildman–Crippen LogP) is 8.55. The Balaban J connectivity index is 1.51. The minimum atomic E-state index is -0.401. The Kier molecular flexibility index (Phi) is 15.1. The number of unbranched alkanes of at least 4 members (excludes halogenated alkanes) is 9. The number of ether oxygens (including phenoxy) is 1. The number of rotatable bonds is 20. The second kappa shape index (κ2) is 19.1. The molecule has 6 nitrogen and oxygen atoms in total. The van der Waals surface area contributed by atoms with E-state index in [9.17, 15) is 9.59 Å². The van der Waals surface area contributed by atoms with Crippen molar-refractivity contribution in [3.8, 4) is 0 Å². The Morgan fingerprint density at radius 1 is 0.786 bits per heavy atom. The number of nitrogens with one attached hydrogen (secondary N) is 1. The van der Waals surface area contributed by atoms with Gasteiger partial charge >= 0.3 is 5.97 Å². The van der Waals surface area contributed by atoms with E-state index in [1.807, 2.05) is 47.5 Å². The van der Waals surface area contributed by atoms with Gasteiger partial charge in [-0.1, -0.05) is 119 Å². The lowest BCUT2D eigenvalue weighted by Crippen LogP contribution is -2.30. The summed E-state index contributed by atoms with van der Waals surface area (Å²) in [4.78, 5) is 30.8. The smallest absolute Gasteiger partial charge is 0.334 e. The first-order valence-corrected chi connectivity index (χ1v) is 15.9. The quantitative estimate of drug-likeness (QED) is 0.0832. The first-order valence-electron chi connectivity index (χ1n) is 15.9. The van der Waals surface area contributed by atoms with Crippen LogP contribution in [-0.4, -0.2) is 36.7 Å². The van der Waals surface area contributed by atoms with Crippen LogP contribution in [0.15, 0.2) is 66.7 Å². The van der Waals surface area contributed by atoms with Gasteiger partial charge in [0.05, 0.1) is 12.6 Å². The Labute approximate surface area is 252 Å². The van der Waals surface area contributed by atoms with Gasteiger partial charge in [0, 0.05) is 18.7 Å². The maximum absolute atomic E-state index is 12.7. The number of amides is 1. The maximum Gasteiger partial charge on any atom is 0.334 e. The lowest BCUT2D eigenvalue weighted by atomic mass is 9.99. The Morgan fingerprint density at radius 3 is 2.12 bits per heavy atom. The van der Waals surface area contributed by atoms with E-state index in [4.69, 9.17) is 9.57 Å². The van der Waals surface area contributed by atoms with Crippen LogP contribution >= 0.6 is 0 Å². The topological polar surface area (TPSA) is 67.9 Å². The number of nitrogens with zero attached hydrogens (tertiary/aromatic N) is 1. The minimum absolute atomic E-state index is 0.0444. The Morgan fingerprint density at radius 2 is 1.43 bits per heavy atom. The molecule has 3 aromatic carbocycles. The average Bonchev–Trinajstić information content (AvgIpc) is 3.01. The van der Waals surface area contributed by atoms with Gasteiger partial charge in [-0.05, 0) is 54.3 Å². The fraction of sp³-hybridized carbons (Fsp3) is 0.500. The number of fused-ring (bicyclic) bond motifs is 1. The first-order chi connectivity index (χ1) is 20.5. The summed E-state index contributed by atoms with van der Waals surface area (Å²) in [6.45, 7) is 7.40. The standard InChI is InChI=1S/C36H50N2O4/c1-4-6-7-8-9-10-11-12-13-16-26-37-36(40)32-24-22-30(23-25-32)27-38(42-28-35(39)41-5-2)29(3)33-21-17-19-31-18-14-15-20-34(31)33/h14-15,17-25,29H,4-13,16,26-28H2,1-3H3,(H,37,40). The van der Waals surface area contributed by atoms with Gasteiger partial charge in [0.1, 0.15) is 0 Å². The zero-order valence-electron chi connectivity index (χ0n) is 25.9. The van der Waals surface area contributed by atoms with Crippen molar-refractivity contribution >= 4 is 22.6 Å². The van der Waals surface area contributed by atoms with Crippen molar-refractivity contribution in [1.29, 1.82) is 0 Å². The highest BCUT2D eigenvalue weighted by Crippen LogP contribution is 2.29. The summed E-state index contributed by atoms with van der Waals surface area (Å²) in [7, 11) is 0.